The fraction of sp³-hybridized carbons (Fsp3) is 0. The molecule has 0 heterocycles. The van der Waals surface area contributed by atoms with Crippen LogP contribution in [0.1, 0.15) is 5.56 Å². The Morgan fingerprint density at radius 3 is 2.73 bits per heavy atom. The van der Waals surface area contributed by atoms with Gasteiger partial charge in [-0.05, 0) is 28.1 Å². The molecule has 4 heteroatoms. The zero-order valence-corrected chi connectivity index (χ0v) is 7.09. The molecule has 3 nitrogen and oxygen atoms in total. The molecule has 0 bridgehead atoms. The Morgan fingerprint density at radius 1 is 1.55 bits per heavy atom. The molecule has 0 atom stereocenters. The fourth-order valence-corrected chi connectivity index (χ4v) is 1.09. The summed E-state index contributed by atoms with van der Waals surface area (Å²) in [5.41, 5.74) is 5.97. The van der Waals surface area contributed by atoms with Crippen molar-refractivity contribution in [1.29, 1.82) is 5.26 Å². The molecule has 0 spiro atoms. The summed E-state index contributed by atoms with van der Waals surface area (Å²) < 4.78 is 0.548. The topological polar surface area (TPSA) is 70.0 Å². The maximum atomic E-state index is 9.06. The van der Waals surface area contributed by atoms with Gasteiger partial charge >= 0.3 is 0 Å². The fourth-order valence-electron chi connectivity index (χ4n) is 0.665. The molecule has 56 valence electrons. The summed E-state index contributed by atoms with van der Waals surface area (Å²) in [4.78, 5) is 0. The van der Waals surface area contributed by atoms with Crippen LogP contribution in [0.25, 0.3) is 0 Å². The van der Waals surface area contributed by atoms with E-state index in [2.05, 4.69) is 15.9 Å². The van der Waals surface area contributed by atoms with E-state index in [1.54, 1.807) is 0 Å². The van der Waals surface area contributed by atoms with Gasteiger partial charge < -0.3 is 10.8 Å². The molecule has 0 fully saturated rings. The second-order valence-electron chi connectivity index (χ2n) is 2.00. The van der Waals surface area contributed by atoms with Crippen LogP contribution < -0.4 is 5.73 Å². The second kappa shape index (κ2) is 2.81. The highest BCUT2D eigenvalue weighted by atomic mass is 79.9. The molecule has 0 aliphatic rings. The lowest BCUT2D eigenvalue weighted by atomic mass is 10.2. The first-order chi connectivity index (χ1) is 5.15. The Morgan fingerprint density at radius 2 is 2.18 bits per heavy atom. The molecule has 1 rings (SSSR count). The van der Waals surface area contributed by atoms with Gasteiger partial charge in [-0.1, -0.05) is 0 Å². The summed E-state index contributed by atoms with van der Waals surface area (Å²) in [6.45, 7) is 0. The lowest BCUT2D eigenvalue weighted by molar-refractivity contribution is 0.477. The average molecular weight is 213 g/mol. The van der Waals surface area contributed by atoms with E-state index in [0.717, 1.165) is 0 Å². The second-order valence-corrected chi connectivity index (χ2v) is 2.86. The first-order valence-corrected chi connectivity index (χ1v) is 3.62. The van der Waals surface area contributed by atoms with E-state index in [1.165, 1.54) is 12.1 Å². The van der Waals surface area contributed by atoms with E-state index in [0.29, 0.717) is 10.0 Å². The Bertz CT molecular complexity index is 330. The third-order valence-electron chi connectivity index (χ3n) is 1.24. The minimum Gasteiger partial charge on any atom is -0.506 e. The lowest BCUT2D eigenvalue weighted by Crippen LogP contribution is -1.87. The zero-order chi connectivity index (χ0) is 8.43. The maximum Gasteiger partial charge on any atom is 0.139 e. The maximum absolute atomic E-state index is 9.06. The lowest BCUT2D eigenvalue weighted by Gasteiger charge is -1.99. The zero-order valence-electron chi connectivity index (χ0n) is 5.50. The monoisotopic (exact) mass is 212 g/mol. The van der Waals surface area contributed by atoms with Crippen molar-refractivity contribution >= 4 is 21.6 Å². The number of nitrogen functional groups attached to an aromatic ring is 1. The smallest absolute Gasteiger partial charge is 0.139 e. The molecule has 0 aliphatic carbocycles. The molecule has 0 radical (unpaired) electrons. The predicted octanol–water partition coefficient (Wildman–Crippen LogP) is 1.61. The molecule has 0 amide bonds. The Hall–Kier alpha value is -1.21. The molecule has 3 N–H and O–H groups in total. The van der Waals surface area contributed by atoms with Crippen LogP contribution in [0.15, 0.2) is 16.6 Å². The highest BCUT2D eigenvalue weighted by Gasteiger charge is 2.03. The summed E-state index contributed by atoms with van der Waals surface area (Å²) in [5, 5.41) is 17.6. The molecule has 0 saturated carbocycles. The standard InChI is InChI=1S/C7H5BrN2O/c8-5-2-7(11)6(10)1-4(5)3-9/h1-2,11H,10H2. The van der Waals surface area contributed by atoms with Crippen LogP contribution in [0.2, 0.25) is 0 Å². The van der Waals surface area contributed by atoms with E-state index in [1.807, 2.05) is 6.07 Å². The highest BCUT2D eigenvalue weighted by molar-refractivity contribution is 9.10. The minimum atomic E-state index is -0.0177. The van der Waals surface area contributed by atoms with Crippen molar-refractivity contribution in [2.24, 2.45) is 0 Å². The highest BCUT2D eigenvalue weighted by Crippen LogP contribution is 2.27. The summed E-state index contributed by atoms with van der Waals surface area (Å²) >= 11 is 3.10. The van der Waals surface area contributed by atoms with Crippen LogP contribution >= 0.6 is 15.9 Å². The van der Waals surface area contributed by atoms with E-state index in [-0.39, 0.29) is 11.4 Å². The van der Waals surface area contributed by atoms with E-state index >= 15 is 0 Å². The summed E-state index contributed by atoms with van der Waals surface area (Å²) in [6.07, 6.45) is 0. The number of nitrogens with zero attached hydrogens (tertiary/aromatic N) is 1. The molecule has 0 aliphatic heterocycles. The van der Waals surface area contributed by atoms with Crippen LogP contribution in [0.5, 0.6) is 5.75 Å². The van der Waals surface area contributed by atoms with Crippen molar-refractivity contribution in [3.05, 3.63) is 22.2 Å². The van der Waals surface area contributed by atoms with E-state index in [4.69, 9.17) is 16.1 Å². The van der Waals surface area contributed by atoms with Gasteiger partial charge in [0.1, 0.15) is 11.8 Å². The molecular weight excluding hydrogens is 208 g/mol. The molecule has 11 heavy (non-hydrogen) atoms. The van der Waals surface area contributed by atoms with Gasteiger partial charge in [-0.25, -0.2) is 0 Å². The molecule has 0 unspecified atom stereocenters. The van der Waals surface area contributed by atoms with Gasteiger partial charge in [0, 0.05) is 4.47 Å². The number of rotatable bonds is 0. The van der Waals surface area contributed by atoms with Crippen molar-refractivity contribution in [3.63, 3.8) is 0 Å². The number of anilines is 1. The van der Waals surface area contributed by atoms with Gasteiger partial charge in [0.25, 0.3) is 0 Å². The van der Waals surface area contributed by atoms with Gasteiger partial charge in [0.05, 0.1) is 11.3 Å². The van der Waals surface area contributed by atoms with E-state index < -0.39 is 0 Å². The third kappa shape index (κ3) is 1.44. The molecule has 0 saturated heterocycles. The molecular formula is C7H5BrN2O. The third-order valence-corrected chi connectivity index (χ3v) is 1.89. The van der Waals surface area contributed by atoms with Crippen LogP contribution in [0.4, 0.5) is 5.69 Å². The Labute approximate surface area is 72.2 Å². The van der Waals surface area contributed by atoms with Crippen LogP contribution in [0, 0.1) is 11.3 Å². The van der Waals surface area contributed by atoms with Gasteiger partial charge in [-0.2, -0.15) is 5.26 Å². The van der Waals surface area contributed by atoms with Gasteiger partial charge in [0.2, 0.25) is 0 Å². The number of hydrogen-bond acceptors (Lipinski definition) is 3. The number of halogens is 1. The SMILES string of the molecule is N#Cc1cc(N)c(O)cc1Br. The Balaban J connectivity index is 3.35. The van der Waals surface area contributed by atoms with E-state index in [9.17, 15) is 0 Å². The first kappa shape index (κ1) is 7.89. The number of hydrogen-bond donors (Lipinski definition) is 2. The number of benzene rings is 1. The first-order valence-electron chi connectivity index (χ1n) is 2.83. The van der Waals surface area contributed by atoms with Crippen molar-refractivity contribution in [2.75, 3.05) is 5.73 Å². The number of phenols is 1. The van der Waals surface area contributed by atoms with Crippen LogP contribution in [-0.2, 0) is 0 Å². The van der Waals surface area contributed by atoms with Crippen molar-refractivity contribution in [2.45, 2.75) is 0 Å². The van der Waals surface area contributed by atoms with Gasteiger partial charge in [-0.3, -0.25) is 0 Å². The molecule has 1 aromatic rings. The van der Waals surface area contributed by atoms with Crippen LogP contribution in [-0.4, -0.2) is 5.11 Å². The molecule has 0 aromatic heterocycles. The number of nitrogens with two attached hydrogens (primary N) is 1. The summed E-state index contributed by atoms with van der Waals surface area (Å²) in [6, 6.07) is 4.74. The number of nitriles is 1. The predicted molar refractivity (Wildman–Crippen MR) is 44.9 cm³/mol. The molecule has 1 aromatic carbocycles. The number of phenolic OH excluding ortho intramolecular Hbond substituents is 1. The minimum absolute atomic E-state index is 0.0177. The average Bonchev–Trinajstić information content (AvgIpc) is 1.97. The quantitative estimate of drug-likeness (QED) is 0.508. The van der Waals surface area contributed by atoms with Crippen molar-refractivity contribution in [1.82, 2.24) is 0 Å². The van der Waals surface area contributed by atoms with Gasteiger partial charge in [-0.15, -0.1) is 0 Å². The van der Waals surface area contributed by atoms with Crippen molar-refractivity contribution in [3.8, 4) is 11.8 Å². The summed E-state index contributed by atoms with van der Waals surface area (Å²) in [5.74, 6) is -0.0177. The number of aromatic hydroxyl groups is 1. The normalized spacial score (nSPS) is 9.09. The summed E-state index contributed by atoms with van der Waals surface area (Å²) in [7, 11) is 0. The van der Waals surface area contributed by atoms with Crippen LogP contribution in [0.3, 0.4) is 0 Å². The largest absolute Gasteiger partial charge is 0.506 e. The van der Waals surface area contributed by atoms with Gasteiger partial charge in [0.15, 0.2) is 0 Å². The van der Waals surface area contributed by atoms with Crippen molar-refractivity contribution < 1.29 is 5.11 Å². The Kier molecular flexibility index (Phi) is 2.01.